The van der Waals surface area contributed by atoms with Crippen molar-refractivity contribution in [2.75, 3.05) is 5.32 Å². The molecule has 5 aromatic rings. The van der Waals surface area contributed by atoms with Crippen LogP contribution in [-0.2, 0) is 0 Å². The van der Waals surface area contributed by atoms with Gasteiger partial charge in [0, 0.05) is 22.2 Å². The minimum Gasteiger partial charge on any atom is -0.451 e. The number of nitrogens with one attached hydrogen (secondary N) is 2. The molecule has 2 aromatic heterocycles. The molecule has 5 nitrogen and oxygen atoms in total. The zero-order chi connectivity index (χ0) is 21.4. The molecule has 0 radical (unpaired) electrons. The van der Waals surface area contributed by atoms with Crippen molar-refractivity contribution in [3.05, 3.63) is 84.1 Å². The molecule has 31 heavy (non-hydrogen) atoms. The average molecular weight is 444 g/mol. The number of benzene rings is 3. The fourth-order valence-corrected chi connectivity index (χ4v) is 4.59. The van der Waals surface area contributed by atoms with Crippen molar-refractivity contribution in [1.82, 2.24) is 10.3 Å². The van der Waals surface area contributed by atoms with E-state index >= 15 is 0 Å². The molecule has 1 amide bonds. The lowest BCUT2D eigenvalue weighted by Crippen LogP contribution is -2.34. The molecule has 7 heteroatoms. The summed E-state index contributed by atoms with van der Waals surface area (Å²) in [4.78, 5) is 17.3. The molecule has 0 aliphatic rings. The number of aromatic nitrogens is 1. The number of para-hydroxylation sites is 2. The third kappa shape index (κ3) is 3.81. The lowest BCUT2D eigenvalue weighted by molar-refractivity contribution is 0.0952. The van der Waals surface area contributed by atoms with Crippen molar-refractivity contribution in [2.45, 2.75) is 6.92 Å². The van der Waals surface area contributed by atoms with Gasteiger partial charge >= 0.3 is 0 Å². The Hall–Kier alpha value is -3.55. The maximum Gasteiger partial charge on any atom is 0.293 e. The fourth-order valence-electron chi connectivity index (χ4n) is 3.40. The first-order chi connectivity index (χ1) is 15.1. The van der Waals surface area contributed by atoms with Crippen LogP contribution in [0.15, 0.2) is 77.2 Å². The summed E-state index contributed by atoms with van der Waals surface area (Å²) in [6, 6.07) is 23.4. The zero-order valence-corrected chi connectivity index (χ0v) is 18.1. The Morgan fingerprint density at radius 1 is 1.00 bits per heavy atom. The predicted octanol–water partition coefficient (Wildman–Crippen LogP) is 6.14. The van der Waals surface area contributed by atoms with E-state index in [4.69, 9.17) is 16.6 Å². The number of amides is 1. The highest BCUT2D eigenvalue weighted by Gasteiger charge is 2.18. The lowest BCUT2D eigenvalue weighted by Gasteiger charge is -2.09. The largest absolute Gasteiger partial charge is 0.451 e. The minimum atomic E-state index is -0.378. The van der Waals surface area contributed by atoms with Crippen LogP contribution in [0.25, 0.3) is 31.8 Å². The van der Waals surface area contributed by atoms with Crippen LogP contribution in [0.2, 0.25) is 0 Å². The van der Waals surface area contributed by atoms with Gasteiger partial charge in [-0.25, -0.2) is 4.98 Å². The number of anilines is 1. The topological polar surface area (TPSA) is 67.2 Å². The molecule has 0 atom stereocenters. The number of thiocarbonyl (C=S) groups is 1. The number of hydrogen-bond donors (Lipinski definition) is 2. The molecule has 2 heterocycles. The summed E-state index contributed by atoms with van der Waals surface area (Å²) in [6.07, 6.45) is 0. The number of rotatable bonds is 3. The summed E-state index contributed by atoms with van der Waals surface area (Å²) in [5, 5.41) is 7.81. The third-order valence-electron chi connectivity index (χ3n) is 4.96. The first kappa shape index (κ1) is 19.4. The van der Waals surface area contributed by atoms with E-state index in [-0.39, 0.29) is 16.8 Å². The molecule has 0 aliphatic carbocycles. The summed E-state index contributed by atoms with van der Waals surface area (Å²) >= 11 is 6.97. The molecule has 152 valence electrons. The van der Waals surface area contributed by atoms with Crippen molar-refractivity contribution in [1.29, 1.82) is 0 Å². The number of carbonyl (C=O) groups excluding carboxylic acids is 1. The van der Waals surface area contributed by atoms with Gasteiger partial charge in [0.05, 0.1) is 10.2 Å². The summed E-state index contributed by atoms with van der Waals surface area (Å²) in [5.41, 5.74) is 4.26. The summed E-state index contributed by atoms with van der Waals surface area (Å²) in [5.74, 6) is -0.117. The molecule has 5 rings (SSSR count). The number of fused-ring (bicyclic) bond motifs is 2. The Bertz CT molecular complexity index is 1400. The van der Waals surface area contributed by atoms with Crippen LogP contribution in [0.3, 0.4) is 0 Å². The number of furan rings is 1. The lowest BCUT2D eigenvalue weighted by atomic mass is 10.1. The van der Waals surface area contributed by atoms with Crippen molar-refractivity contribution in [2.24, 2.45) is 0 Å². The van der Waals surface area contributed by atoms with E-state index in [2.05, 4.69) is 21.7 Å². The second kappa shape index (κ2) is 7.94. The second-order valence-corrected chi connectivity index (χ2v) is 8.46. The molecule has 0 spiro atoms. The van der Waals surface area contributed by atoms with E-state index in [0.717, 1.165) is 37.4 Å². The Kier molecular flexibility index (Phi) is 4.97. The van der Waals surface area contributed by atoms with Gasteiger partial charge in [0.2, 0.25) is 0 Å². The van der Waals surface area contributed by atoms with Crippen LogP contribution >= 0.6 is 23.6 Å². The molecular weight excluding hydrogens is 426 g/mol. The monoisotopic (exact) mass is 443 g/mol. The summed E-state index contributed by atoms with van der Waals surface area (Å²) < 4.78 is 6.85. The molecule has 0 aliphatic heterocycles. The number of aryl methyl sites for hydroxylation is 1. The number of thiazole rings is 1. The van der Waals surface area contributed by atoms with Crippen LogP contribution < -0.4 is 10.6 Å². The Labute approximate surface area is 187 Å². The summed E-state index contributed by atoms with van der Waals surface area (Å²) in [6.45, 7) is 1.86. The van der Waals surface area contributed by atoms with Gasteiger partial charge in [-0.1, -0.05) is 30.3 Å². The van der Waals surface area contributed by atoms with Crippen molar-refractivity contribution >= 4 is 61.4 Å². The van der Waals surface area contributed by atoms with E-state index in [1.54, 1.807) is 11.3 Å². The Balaban J connectivity index is 1.27. The van der Waals surface area contributed by atoms with E-state index in [1.165, 1.54) is 0 Å². The first-order valence-corrected chi connectivity index (χ1v) is 10.9. The standard InChI is InChI=1S/C24H17N3O2S2/c1-14-17-6-2-4-8-19(17)29-21(14)22(28)27-24(30)25-16-12-10-15(11-13-16)23-26-18-7-3-5-9-20(18)31-23/h2-13H,1H3,(H2,25,27,28,30). The molecule has 0 bridgehead atoms. The number of hydrogen-bond acceptors (Lipinski definition) is 5. The van der Waals surface area contributed by atoms with Gasteiger partial charge in [-0.15, -0.1) is 11.3 Å². The third-order valence-corrected chi connectivity index (χ3v) is 6.25. The average Bonchev–Trinajstić information content (AvgIpc) is 3.36. The van der Waals surface area contributed by atoms with Crippen molar-refractivity contribution in [3.8, 4) is 10.6 Å². The highest BCUT2D eigenvalue weighted by atomic mass is 32.1. The van der Waals surface area contributed by atoms with Gasteiger partial charge in [0.1, 0.15) is 10.6 Å². The van der Waals surface area contributed by atoms with Gasteiger partial charge in [0.25, 0.3) is 5.91 Å². The summed E-state index contributed by atoms with van der Waals surface area (Å²) in [7, 11) is 0. The Morgan fingerprint density at radius 2 is 1.74 bits per heavy atom. The van der Waals surface area contributed by atoms with Crippen molar-refractivity contribution in [3.63, 3.8) is 0 Å². The van der Waals surface area contributed by atoms with E-state index in [0.29, 0.717) is 5.58 Å². The molecule has 0 saturated heterocycles. The maximum atomic E-state index is 12.6. The highest BCUT2D eigenvalue weighted by molar-refractivity contribution is 7.80. The fraction of sp³-hybridized carbons (Fsp3) is 0.0417. The quantitative estimate of drug-likeness (QED) is 0.328. The van der Waals surface area contributed by atoms with Crippen LogP contribution in [0, 0.1) is 6.92 Å². The van der Waals surface area contributed by atoms with Gasteiger partial charge in [-0.2, -0.15) is 0 Å². The normalized spacial score (nSPS) is 11.0. The predicted molar refractivity (Wildman–Crippen MR) is 130 cm³/mol. The van der Waals surface area contributed by atoms with Gasteiger partial charge in [-0.3, -0.25) is 10.1 Å². The van der Waals surface area contributed by atoms with E-state index in [1.807, 2.05) is 73.7 Å². The molecule has 3 aromatic carbocycles. The van der Waals surface area contributed by atoms with Crippen LogP contribution in [-0.4, -0.2) is 16.0 Å². The van der Waals surface area contributed by atoms with Crippen molar-refractivity contribution < 1.29 is 9.21 Å². The zero-order valence-electron chi connectivity index (χ0n) is 16.5. The van der Waals surface area contributed by atoms with Gasteiger partial charge in [-0.05, 0) is 61.6 Å². The Morgan fingerprint density at radius 3 is 2.52 bits per heavy atom. The van der Waals surface area contributed by atoms with Gasteiger partial charge < -0.3 is 9.73 Å². The number of nitrogens with zero attached hydrogens (tertiary/aromatic N) is 1. The van der Waals surface area contributed by atoms with E-state index < -0.39 is 0 Å². The maximum absolute atomic E-state index is 12.6. The number of carbonyl (C=O) groups is 1. The highest BCUT2D eigenvalue weighted by Crippen LogP contribution is 2.30. The molecular formula is C24H17N3O2S2. The van der Waals surface area contributed by atoms with Crippen LogP contribution in [0.4, 0.5) is 5.69 Å². The minimum absolute atomic E-state index is 0.206. The second-order valence-electron chi connectivity index (χ2n) is 7.02. The van der Waals surface area contributed by atoms with Crippen LogP contribution in [0.5, 0.6) is 0 Å². The smallest absolute Gasteiger partial charge is 0.293 e. The molecule has 0 saturated carbocycles. The molecule has 2 N–H and O–H groups in total. The first-order valence-electron chi connectivity index (χ1n) is 9.65. The molecule has 0 fully saturated rings. The molecule has 0 unspecified atom stereocenters. The van der Waals surface area contributed by atoms with Crippen LogP contribution in [0.1, 0.15) is 16.1 Å². The van der Waals surface area contributed by atoms with Gasteiger partial charge in [0.15, 0.2) is 10.9 Å². The SMILES string of the molecule is Cc1c(C(=O)NC(=S)Nc2ccc(-c3nc4ccccc4s3)cc2)oc2ccccc12. The van der Waals surface area contributed by atoms with E-state index in [9.17, 15) is 4.79 Å².